The summed E-state index contributed by atoms with van der Waals surface area (Å²) in [6, 6.07) is 5.49. The van der Waals surface area contributed by atoms with Crippen molar-refractivity contribution in [3.05, 3.63) is 45.2 Å². The fourth-order valence-corrected chi connectivity index (χ4v) is 5.40. The number of hydrogen-bond donors (Lipinski definition) is 2. The Morgan fingerprint density at radius 1 is 1.17 bits per heavy atom. The number of aromatic nitrogens is 3. The molecule has 0 unspecified atom stereocenters. The number of carbonyl (C=O) groups is 1. The molecule has 0 saturated carbocycles. The molecule has 0 aliphatic heterocycles. The molecule has 2 N–H and O–H groups in total. The Morgan fingerprint density at radius 2 is 1.90 bits per heavy atom. The number of H-pyrrole nitrogens is 1. The van der Waals surface area contributed by atoms with E-state index in [4.69, 9.17) is 0 Å². The molecule has 0 bridgehead atoms. The summed E-state index contributed by atoms with van der Waals surface area (Å²) >= 11 is 1.26. The van der Waals surface area contributed by atoms with Crippen LogP contribution in [0.3, 0.4) is 0 Å². The van der Waals surface area contributed by atoms with Crippen molar-refractivity contribution in [2.75, 3.05) is 18.4 Å². The smallest absolute Gasteiger partial charge is 0.258 e. The molecule has 0 spiro atoms. The number of benzene rings is 1. The number of nitrogens with one attached hydrogen (secondary N) is 2. The zero-order chi connectivity index (χ0) is 21.9. The molecule has 0 aliphatic rings. The molecule has 3 aromatic rings. The van der Waals surface area contributed by atoms with Gasteiger partial charge in [-0.1, -0.05) is 32.1 Å². The Morgan fingerprint density at radius 3 is 2.57 bits per heavy atom. The topological polar surface area (TPSA) is 125 Å². The number of nitrogens with zero attached hydrogens (tertiary/aromatic N) is 3. The second kappa shape index (κ2) is 9.02. The predicted octanol–water partition coefficient (Wildman–Crippen LogP) is 2.61. The molecule has 30 heavy (non-hydrogen) atoms. The monoisotopic (exact) mass is 449 g/mol. The van der Waals surface area contributed by atoms with Gasteiger partial charge in [0.15, 0.2) is 0 Å². The van der Waals surface area contributed by atoms with Gasteiger partial charge in [-0.2, -0.15) is 4.31 Å². The minimum absolute atomic E-state index is 0.0564. The summed E-state index contributed by atoms with van der Waals surface area (Å²) < 4.78 is 27.1. The first-order valence-electron chi connectivity index (χ1n) is 9.61. The number of sulfonamides is 1. The minimum atomic E-state index is -3.72. The first kappa shape index (κ1) is 22.1. The fourth-order valence-electron chi connectivity index (χ4n) is 3.08. The van der Waals surface area contributed by atoms with Crippen LogP contribution in [0.2, 0.25) is 0 Å². The average molecular weight is 450 g/mol. The number of hydrogen-bond acceptors (Lipinski definition) is 7. The molecule has 1 amide bonds. The Bertz CT molecular complexity index is 1230. The molecule has 0 atom stereocenters. The lowest BCUT2D eigenvalue weighted by Crippen LogP contribution is -2.30. The van der Waals surface area contributed by atoms with E-state index < -0.39 is 21.5 Å². The summed E-state index contributed by atoms with van der Waals surface area (Å²) in [6.45, 7) is 6.19. The molecule has 2 aromatic heterocycles. The molecule has 3 rings (SSSR count). The Labute approximate surface area is 178 Å². The van der Waals surface area contributed by atoms with Crippen LogP contribution in [-0.4, -0.2) is 46.9 Å². The summed E-state index contributed by atoms with van der Waals surface area (Å²) in [5.74, 6) is -0.553. The van der Waals surface area contributed by atoms with Crippen molar-refractivity contribution in [3.8, 4) is 0 Å². The van der Waals surface area contributed by atoms with Gasteiger partial charge in [-0.25, -0.2) is 8.42 Å². The number of carbonyl (C=O) groups excluding carboxylic acids is 1. The SMILES string of the molecule is CCCc1nnc(NC(=O)c2cc(=O)[nH]c3ccc(S(=O)(=O)N(CC)CC)cc23)s1. The highest BCUT2D eigenvalue weighted by Crippen LogP contribution is 2.24. The number of aryl methyl sites for hydroxylation is 1. The van der Waals surface area contributed by atoms with Crippen LogP contribution in [0.15, 0.2) is 34.0 Å². The van der Waals surface area contributed by atoms with Gasteiger partial charge < -0.3 is 4.98 Å². The first-order valence-corrected chi connectivity index (χ1v) is 11.9. The van der Waals surface area contributed by atoms with Crippen LogP contribution < -0.4 is 10.9 Å². The number of anilines is 1. The Kier molecular flexibility index (Phi) is 6.64. The Hall–Kier alpha value is -2.63. The summed E-state index contributed by atoms with van der Waals surface area (Å²) in [7, 11) is -3.72. The molecule has 1 aromatic carbocycles. The molecule has 9 nitrogen and oxygen atoms in total. The highest BCUT2D eigenvalue weighted by atomic mass is 32.2. The van der Waals surface area contributed by atoms with Crippen LogP contribution in [0.5, 0.6) is 0 Å². The zero-order valence-corrected chi connectivity index (χ0v) is 18.6. The number of rotatable bonds is 8. The molecule has 160 valence electrons. The number of fused-ring (bicyclic) bond motifs is 1. The van der Waals surface area contributed by atoms with Crippen LogP contribution >= 0.6 is 11.3 Å². The van der Waals surface area contributed by atoms with Gasteiger partial charge in [0.25, 0.3) is 5.91 Å². The van der Waals surface area contributed by atoms with Crippen LogP contribution in [-0.2, 0) is 16.4 Å². The maximum Gasteiger partial charge on any atom is 0.258 e. The van der Waals surface area contributed by atoms with Gasteiger partial charge in [0.1, 0.15) is 5.01 Å². The summed E-state index contributed by atoms with van der Waals surface area (Å²) in [5, 5.41) is 12.1. The first-order chi connectivity index (χ1) is 14.3. The van der Waals surface area contributed by atoms with E-state index in [-0.39, 0.29) is 10.5 Å². The maximum absolute atomic E-state index is 12.9. The van der Waals surface area contributed by atoms with Gasteiger partial charge >= 0.3 is 0 Å². The molecule has 11 heteroatoms. The molecule has 0 fully saturated rings. The third-order valence-electron chi connectivity index (χ3n) is 4.55. The third-order valence-corrected chi connectivity index (χ3v) is 7.50. The molecular weight excluding hydrogens is 426 g/mol. The van der Waals surface area contributed by atoms with E-state index in [1.807, 2.05) is 6.92 Å². The van der Waals surface area contributed by atoms with Crippen molar-refractivity contribution >= 4 is 43.3 Å². The summed E-state index contributed by atoms with van der Waals surface area (Å²) in [6.07, 6.45) is 1.67. The van der Waals surface area contributed by atoms with E-state index in [2.05, 4.69) is 20.5 Å². The number of pyridine rings is 1. The van der Waals surface area contributed by atoms with E-state index in [1.165, 1.54) is 33.8 Å². The normalized spacial score (nSPS) is 11.9. The van der Waals surface area contributed by atoms with Gasteiger partial charge in [-0.15, -0.1) is 10.2 Å². The van der Waals surface area contributed by atoms with E-state index in [0.29, 0.717) is 29.1 Å². The standard InChI is InChI=1S/C19H23N5O4S2/c1-4-7-17-22-23-19(29-17)21-18(26)14-11-16(25)20-15-9-8-12(10-13(14)15)30(27,28)24(5-2)6-3/h8-11H,4-7H2,1-3H3,(H,20,25)(H,21,23,26). The average Bonchev–Trinajstić information content (AvgIpc) is 3.14. The van der Waals surface area contributed by atoms with E-state index in [1.54, 1.807) is 13.8 Å². The molecule has 0 saturated heterocycles. The van der Waals surface area contributed by atoms with Crippen LogP contribution in [0.1, 0.15) is 42.6 Å². The number of aromatic amines is 1. The van der Waals surface area contributed by atoms with Crippen LogP contribution in [0, 0.1) is 0 Å². The largest absolute Gasteiger partial charge is 0.322 e. The van der Waals surface area contributed by atoms with Gasteiger partial charge in [0, 0.05) is 36.5 Å². The van der Waals surface area contributed by atoms with Crippen molar-refractivity contribution < 1.29 is 13.2 Å². The third kappa shape index (κ3) is 4.42. The summed E-state index contributed by atoms with van der Waals surface area (Å²) in [4.78, 5) is 27.6. The quantitative estimate of drug-likeness (QED) is 0.545. The van der Waals surface area contributed by atoms with Crippen LogP contribution in [0.4, 0.5) is 5.13 Å². The highest BCUT2D eigenvalue weighted by molar-refractivity contribution is 7.89. The lowest BCUT2D eigenvalue weighted by molar-refractivity contribution is 0.102. The second-order valence-corrected chi connectivity index (χ2v) is 9.55. The van der Waals surface area contributed by atoms with Crippen molar-refractivity contribution in [1.82, 2.24) is 19.5 Å². The van der Waals surface area contributed by atoms with E-state index in [9.17, 15) is 18.0 Å². The second-order valence-electron chi connectivity index (χ2n) is 6.55. The minimum Gasteiger partial charge on any atom is -0.322 e. The lowest BCUT2D eigenvalue weighted by atomic mass is 10.1. The van der Waals surface area contributed by atoms with E-state index >= 15 is 0 Å². The van der Waals surface area contributed by atoms with Gasteiger partial charge in [0.05, 0.1) is 10.5 Å². The molecule has 0 aliphatic carbocycles. The van der Waals surface area contributed by atoms with Crippen molar-refractivity contribution in [2.45, 2.75) is 38.5 Å². The highest BCUT2D eigenvalue weighted by Gasteiger charge is 2.23. The van der Waals surface area contributed by atoms with Gasteiger partial charge in [0.2, 0.25) is 20.7 Å². The molecule has 2 heterocycles. The van der Waals surface area contributed by atoms with Crippen molar-refractivity contribution in [1.29, 1.82) is 0 Å². The number of amides is 1. The van der Waals surface area contributed by atoms with Gasteiger partial charge in [-0.05, 0) is 24.6 Å². The Balaban J connectivity index is 2.05. The molecular formula is C19H23N5O4S2. The predicted molar refractivity (Wildman–Crippen MR) is 117 cm³/mol. The fraction of sp³-hybridized carbons (Fsp3) is 0.368. The maximum atomic E-state index is 12.9. The molecule has 0 radical (unpaired) electrons. The lowest BCUT2D eigenvalue weighted by Gasteiger charge is -2.18. The van der Waals surface area contributed by atoms with E-state index in [0.717, 1.165) is 23.9 Å². The summed E-state index contributed by atoms with van der Waals surface area (Å²) in [5.41, 5.74) is -0.0244. The zero-order valence-electron chi connectivity index (χ0n) is 16.9. The van der Waals surface area contributed by atoms with Crippen molar-refractivity contribution in [3.63, 3.8) is 0 Å². The van der Waals surface area contributed by atoms with Crippen LogP contribution in [0.25, 0.3) is 10.9 Å². The van der Waals surface area contributed by atoms with Gasteiger partial charge in [-0.3, -0.25) is 14.9 Å². The van der Waals surface area contributed by atoms with Crippen molar-refractivity contribution in [2.24, 2.45) is 0 Å².